The number of rotatable bonds is 3. The molecule has 0 amide bonds. The minimum atomic E-state index is -0.962. The van der Waals surface area contributed by atoms with Gasteiger partial charge in [0.05, 0.1) is 18.2 Å². The lowest BCUT2D eigenvalue weighted by Gasteiger charge is -1.99. The van der Waals surface area contributed by atoms with E-state index < -0.39 is 5.97 Å². The third kappa shape index (κ3) is 2.50. The molecule has 0 spiro atoms. The minimum absolute atomic E-state index is 0.226. The molecule has 0 saturated heterocycles. The molecule has 106 valence electrons. The Morgan fingerprint density at radius 1 is 1.33 bits per heavy atom. The van der Waals surface area contributed by atoms with Crippen molar-refractivity contribution < 1.29 is 14.6 Å². The van der Waals surface area contributed by atoms with E-state index in [0.717, 1.165) is 21.1 Å². The van der Waals surface area contributed by atoms with Crippen LogP contribution in [-0.4, -0.2) is 28.2 Å². The molecule has 0 atom stereocenters. The molecule has 0 radical (unpaired) electrons. The zero-order chi connectivity index (χ0) is 15.0. The van der Waals surface area contributed by atoms with Crippen molar-refractivity contribution >= 4 is 32.9 Å². The van der Waals surface area contributed by atoms with Gasteiger partial charge in [0, 0.05) is 16.1 Å². The third-order valence-electron chi connectivity index (χ3n) is 3.13. The highest BCUT2D eigenvalue weighted by Crippen LogP contribution is 2.30. The monoisotopic (exact) mass is 346 g/mol. The number of aromatic amines is 1. The summed E-state index contributed by atoms with van der Waals surface area (Å²) < 4.78 is 6.03. The first-order chi connectivity index (χ1) is 10.1. The fourth-order valence-corrected chi connectivity index (χ4v) is 2.63. The highest BCUT2D eigenvalue weighted by atomic mass is 79.9. The Bertz CT molecular complexity index is 842. The van der Waals surface area contributed by atoms with Crippen LogP contribution in [0.3, 0.4) is 0 Å². The zero-order valence-corrected chi connectivity index (χ0v) is 12.6. The van der Waals surface area contributed by atoms with Gasteiger partial charge >= 0.3 is 5.97 Å². The number of fused-ring (bicyclic) bond motifs is 1. The summed E-state index contributed by atoms with van der Waals surface area (Å²) in [6.45, 7) is 0. The predicted octanol–water partition coefficient (Wildman–Crippen LogP) is 3.70. The van der Waals surface area contributed by atoms with Crippen molar-refractivity contribution in [2.45, 2.75) is 0 Å². The Labute approximate surface area is 128 Å². The normalized spacial score (nSPS) is 10.8. The first-order valence-electron chi connectivity index (χ1n) is 6.15. The number of carbonyl (C=O) groups is 1. The van der Waals surface area contributed by atoms with Crippen LogP contribution in [0.15, 0.2) is 40.9 Å². The van der Waals surface area contributed by atoms with E-state index in [1.165, 1.54) is 0 Å². The average molecular weight is 347 g/mol. The van der Waals surface area contributed by atoms with Gasteiger partial charge in [0.15, 0.2) is 0 Å². The number of hydrogen-bond donors (Lipinski definition) is 2. The Morgan fingerprint density at radius 2 is 2.14 bits per heavy atom. The number of imidazole rings is 1. The van der Waals surface area contributed by atoms with Crippen LogP contribution in [0.25, 0.3) is 22.4 Å². The summed E-state index contributed by atoms with van der Waals surface area (Å²) in [5.74, 6) is 0.363. The van der Waals surface area contributed by atoms with Crippen molar-refractivity contribution in [3.63, 3.8) is 0 Å². The Morgan fingerprint density at radius 3 is 2.86 bits per heavy atom. The van der Waals surface area contributed by atoms with E-state index in [-0.39, 0.29) is 5.56 Å². The Balaban J connectivity index is 2.15. The summed E-state index contributed by atoms with van der Waals surface area (Å²) in [7, 11) is 1.60. The summed E-state index contributed by atoms with van der Waals surface area (Å²) in [6, 6.07) is 10.3. The predicted molar refractivity (Wildman–Crippen MR) is 82.7 cm³/mol. The lowest BCUT2D eigenvalue weighted by molar-refractivity contribution is 0.0697. The topological polar surface area (TPSA) is 75.2 Å². The van der Waals surface area contributed by atoms with Crippen molar-refractivity contribution in [2.75, 3.05) is 7.11 Å². The number of halogens is 1. The second-order valence-electron chi connectivity index (χ2n) is 4.48. The smallest absolute Gasteiger partial charge is 0.335 e. The highest BCUT2D eigenvalue weighted by molar-refractivity contribution is 9.10. The summed E-state index contributed by atoms with van der Waals surface area (Å²) in [6.07, 6.45) is 0. The van der Waals surface area contributed by atoms with Crippen LogP contribution >= 0.6 is 15.9 Å². The molecule has 1 heterocycles. The Kier molecular flexibility index (Phi) is 3.39. The van der Waals surface area contributed by atoms with E-state index >= 15 is 0 Å². The van der Waals surface area contributed by atoms with Crippen molar-refractivity contribution in [1.82, 2.24) is 9.97 Å². The quantitative estimate of drug-likeness (QED) is 0.758. The maximum atomic E-state index is 11.0. The molecule has 3 aromatic rings. The van der Waals surface area contributed by atoms with Crippen molar-refractivity contribution in [2.24, 2.45) is 0 Å². The molecule has 0 bridgehead atoms. The summed E-state index contributed by atoms with van der Waals surface area (Å²) in [5.41, 5.74) is 2.53. The lowest BCUT2D eigenvalue weighted by Crippen LogP contribution is -1.95. The van der Waals surface area contributed by atoms with Crippen LogP contribution in [0.4, 0.5) is 0 Å². The van der Waals surface area contributed by atoms with Gasteiger partial charge in [0.2, 0.25) is 0 Å². The molecular formula is C15H11BrN2O3. The van der Waals surface area contributed by atoms with Gasteiger partial charge in [-0.15, -0.1) is 0 Å². The summed E-state index contributed by atoms with van der Waals surface area (Å²) in [4.78, 5) is 18.7. The number of nitrogens with one attached hydrogen (secondary N) is 1. The lowest BCUT2D eigenvalue weighted by atomic mass is 10.1. The van der Waals surface area contributed by atoms with Crippen LogP contribution in [-0.2, 0) is 0 Å². The molecule has 0 aliphatic heterocycles. The number of methoxy groups -OCH3 is 1. The van der Waals surface area contributed by atoms with Gasteiger partial charge in [0.25, 0.3) is 0 Å². The van der Waals surface area contributed by atoms with Gasteiger partial charge in [-0.25, -0.2) is 9.78 Å². The summed E-state index contributed by atoms with van der Waals surface area (Å²) >= 11 is 3.46. The number of ether oxygens (including phenoxy) is 1. The molecular weight excluding hydrogens is 336 g/mol. The van der Waals surface area contributed by atoms with Gasteiger partial charge in [-0.1, -0.05) is 12.1 Å². The highest BCUT2D eigenvalue weighted by Gasteiger charge is 2.11. The fourth-order valence-electron chi connectivity index (χ4n) is 2.10. The first-order valence-corrected chi connectivity index (χ1v) is 6.95. The Hall–Kier alpha value is -2.34. The molecule has 6 heteroatoms. The number of aromatic carboxylic acids is 1. The van der Waals surface area contributed by atoms with Crippen molar-refractivity contribution in [3.05, 3.63) is 46.4 Å². The molecule has 0 fully saturated rings. The number of hydrogen-bond acceptors (Lipinski definition) is 3. The second-order valence-corrected chi connectivity index (χ2v) is 5.33. The molecule has 1 aromatic heterocycles. The minimum Gasteiger partial charge on any atom is -0.497 e. The molecule has 0 saturated carbocycles. The van der Waals surface area contributed by atoms with E-state index in [0.29, 0.717) is 11.6 Å². The van der Waals surface area contributed by atoms with E-state index in [9.17, 15) is 4.79 Å². The molecule has 3 rings (SSSR count). The van der Waals surface area contributed by atoms with Crippen LogP contribution < -0.4 is 4.74 Å². The molecule has 0 unspecified atom stereocenters. The molecule has 21 heavy (non-hydrogen) atoms. The number of carboxylic acid groups (broad SMARTS) is 1. The first kappa shape index (κ1) is 13.6. The van der Waals surface area contributed by atoms with E-state index in [1.54, 1.807) is 25.3 Å². The van der Waals surface area contributed by atoms with Gasteiger partial charge < -0.3 is 14.8 Å². The van der Waals surface area contributed by atoms with E-state index in [2.05, 4.69) is 25.9 Å². The molecule has 0 aliphatic rings. The van der Waals surface area contributed by atoms with E-state index in [1.807, 2.05) is 18.2 Å². The van der Waals surface area contributed by atoms with Crippen LogP contribution in [0.1, 0.15) is 10.4 Å². The third-order valence-corrected chi connectivity index (χ3v) is 3.74. The number of aromatic nitrogens is 2. The average Bonchev–Trinajstić information content (AvgIpc) is 2.92. The second kappa shape index (κ2) is 5.21. The number of carboxylic acids is 1. The number of benzene rings is 2. The van der Waals surface area contributed by atoms with Gasteiger partial charge in [-0.2, -0.15) is 0 Å². The zero-order valence-electron chi connectivity index (χ0n) is 11.1. The van der Waals surface area contributed by atoms with Gasteiger partial charge in [0.1, 0.15) is 17.1 Å². The van der Waals surface area contributed by atoms with Gasteiger partial charge in [-0.3, -0.25) is 0 Å². The van der Waals surface area contributed by atoms with Crippen LogP contribution in [0, 0.1) is 0 Å². The van der Waals surface area contributed by atoms with Crippen LogP contribution in [0.5, 0.6) is 5.75 Å². The fraction of sp³-hybridized carbons (Fsp3) is 0.0667. The standard InChI is InChI=1S/C15H11BrN2O3/c1-21-10-6-11(16)13-12(7-10)17-14(18-13)8-3-2-4-9(5-8)15(19)20/h2-7H,1H3,(H,17,18)(H,19,20). The molecule has 5 nitrogen and oxygen atoms in total. The number of H-pyrrole nitrogens is 1. The van der Waals surface area contributed by atoms with Crippen LogP contribution in [0.2, 0.25) is 0 Å². The van der Waals surface area contributed by atoms with Gasteiger partial charge in [-0.05, 0) is 34.1 Å². The van der Waals surface area contributed by atoms with Crippen molar-refractivity contribution in [3.8, 4) is 17.1 Å². The molecule has 2 aromatic carbocycles. The number of nitrogens with zero attached hydrogens (tertiary/aromatic N) is 1. The molecule has 2 N–H and O–H groups in total. The summed E-state index contributed by atoms with van der Waals surface area (Å²) in [5, 5.41) is 9.05. The maximum absolute atomic E-state index is 11.0. The molecule has 0 aliphatic carbocycles. The van der Waals surface area contributed by atoms with E-state index in [4.69, 9.17) is 9.84 Å². The SMILES string of the molecule is COc1cc(Br)c2nc(-c3cccc(C(=O)O)c3)[nH]c2c1. The largest absolute Gasteiger partial charge is 0.497 e. The van der Waals surface area contributed by atoms with Crippen molar-refractivity contribution in [1.29, 1.82) is 0 Å². The maximum Gasteiger partial charge on any atom is 0.335 e.